The van der Waals surface area contributed by atoms with E-state index in [-0.39, 0.29) is 0 Å². The minimum Gasteiger partial charge on any atom is -0.464 e. The molecule has 0 radical (unpaired) electrons. The maximum absolute atomic E-state index is 10.2. The molecule has 18 heavy (non-hydrogen) atoms. The molecular weight excluding hydrogens is 268 g/mol. The van der Waals surface area contributed by atoms with Crippen molar-refractivity contribution in [1.29, 1.82) is 0 Å². The molecule has 6 heteroatoms. The Morgan fingerprint density at radius 3 is 2.17 bits per heavy atom. The van der Waals surface area contributed by atoms with Crippen LogP contribution in [0.4, 0.5) is 4.79 Å². The van der Waals surface area contributed by atoms with Gasteiger partial charge in [-0.2, -0.15) is 0 Å². The normalized spacial score (nSPS) is 10.8. The lowest BCUT2D eigenvalue weighted by molar-refractivity contribution is 0.202. The molecule has 0 aliphatic rings. The van der Waals surface area contributed by atoms with E-state index < -0.39 is 6.09 Å². The van der Waals surface area contributed by atoms with E-state index in [2.05, 4.69) is 23.5 Å². The van der Waals surface area contributed by atoms with Crippen LogP contribution in [0, 0.1) is 0 Å². The summed E-state index contributed by atoms with van der Waals surface area (Å²) < 4.78 is 2.28. The van der Waals surface area contributed by atoms with E-state index in [1.165, 1.54) is 49.8 Å². The number of unbranched alkanes of at least 4 members (excludes halogenated alkanes) is 2. The lowest BCUT2D eigenvalue weighted by Gasteiger charge is -2.21. The fourth-order valence-corrected chi connectivity index (χ4v) is 3.01. The van der Waals surface area contributed by atoms with E-state index in [0.717, 1.165) is 18.7 Å². The van der Waals surface area contributed by atoms with Crippen LogP contribution in [0.1, 0.15) is 46.0 Å². The second-order valence-electron chi connectivity index (χ2n) is 4.21. The first kappa shape index (κ1) is 17.9. The van der Waals surface area contributed by atoms with Gasteiger partial charge in [-0.05, 0) is 38.9 Å². The van der Waals surface area contributed by atoms with Gasteiger partial charge in [0.05, 0.1) is 0 Å². The largest absolute Gasteiger partial charge is 0.464 e. The van der Waals surface area contributed by atoms with E-state index in [9.17, 15) is 4.79 Å². The standard InChI is InChI=1S/C12H26N2O2S2/c1-3-5-8-14(9-6-4-2)10-7-11-17-18-13-12(15)16/h13H,3-11H2,1-2H3,(H,15,16). The summed E-state index contributed by atoms with van der Waals surface area (Å²) >= 11 is 0. The number of nitrogens with zero attached hydrogens (tertiary/aromatic N) is 1. The quantitative estimate of drug-likeness (QED) is 0.325. The Hall–Kier alpha value is -0.0700. The summed E-state index contributed by atoms with van der Waals surface area (Å²) in [5, 5.41) is 8.40. The van der Waals surface area contributed by atoms with E-state index >= 15 is 0 Å². The van der Waals surface area contributed by atoms with E-state index in [1.54, 1.807) is 10.8 Å². The van der Waals surface area contributed by atoms with Gasteiger partial charge in [-0.25, -0.2) is 4.79 Å². The Labute approximate surface area is 119 Å². The Balaban J connectivity index is 3.51. The zero-order valence-electron chi connectivity index (χ0n) is 11.5. The van der Waals surface area contributed by atoms with Crippen LogP contribution in [0.15, 0.2) is 0 Å². The second-order valence-corrected chi connectivity index (χ2v) is 6.44. The van der Waals surface area contributed by atoms with Gasteiger partial charge in [0.15, 0.2) is 0 Å². The zero-order chi connectivity index (χ0) is 13.6. The summed E-state index contributed by atoms with van der Waals surface area (Å²) in [6.45, 7) is 7.97. The molecule has 1 amide bonds. The summed E-state index contributed by atoms with van der Waals surface area (Å²) in [6, 6.07) is 0. The van der Waals surface area contributed by atoms with Crippen molar-refractivity contribution >= 4 is 27.9 Å². The first-order valence-electron chi connectivity index (χ1n) is 6.70. The van der Waals surface area contributed by atoms with Gasteiger partial charge in [-0.3, -0.25) is 4.72 Å². The Morgan fingerprint density at radius 1 is 1.11 bits per heavy atom. The van der Waals surface area contributed by atoms with Crippen LogP contribution in [0.3, 0.4) is 0 Å². The Morgan fingerprint density at radius 2 is 1.67 bits per heavy atom. The molecule has 0 saturated carbocycles. The fraction of sp³-hybridized carbons (Fsp3) is 0.917. The van der Waals surface area contributed by atoms with Gasteiger partial charge in [0.25, 0.3) is 0 Å². The van der Waals surface area contributed by atoms with Crippen LogP contribution in [-0.2, 0) is 0 Å². The van der Waals surface area contributed by atoms with Crippen LogP contribution in [-0.4, -0.2) is 41.5 Å². The maximum Gasteiger partial charge on any atom is 0.415 e. The molecule has 108 valence electrons. The van der Waals surface area contributed by atoms with Gasteiger partial charge in [0.2, 0.25) is 0 Å². The molecule has 0 aliphatic carbocycles. The van der Waals surface area contributed by atoms with Crippen molar-refractivity contribution < 1.29 is 9.90 Å². The van der Waals surface area contributed by atoms with E-state index in [0.29, 0.717) is 0 Å². The first-order valence-corrected chi connectivity index (χ1v) is 9.02. The molecule has 0 bridgehead atoms. The third-order valence-corrected chi connectivity index (χ3v) is 4.48. The number of hydrogen-bond donors (Lipinski definition) is 2. The molecule has 0 aromatic carbocycles. The van der Waals surface area contributed by atoms with Crippen LogP contribution in [0.25, 0.3) is 0 Å². The van der Waals surface area contributed by atoms with Crippen LogP contribution in [0.2, 0.25) is 0 Å². The molecule has 0 saturated heterocycles. The Bertz CT molecular complexity index is 199. The molecule has 0 aromatic heterocycles. The van der Waals surface area contributed by atoms with Crippen molar-refractivity contribution in [1.82, 2.24) is 9.62 Å². The maximum atomic E-state index is 10.2. The monoisotopic (exact) mass is 294 g/mol. The summed E-state index contributed by atoms with van der Waals surface area (Å²) in [5.41, 5.74) is 0. The minimum absolute atomic E-state index is 0.972. The summed E-state index contributed by atoms with van der Waals surface area (Å²) in [5.74, 6) is 0.986. The summed E-state index contributed by atoms with van der Waals surface area (Å²) in [7, 11) is 2.77. The molecule has 0 fully saturated rings. The van der Waals surface area contributed by atoms with Crippen molar-refractivity contribution in [3.63, 3.8) is 0 Å². The van der Waals surface area contributed by atoms with Gasteiger partial charge in [-0.15, -0.1) is 0 Å². The molecule has 0 spiro atoms. The van der Waals surface area contributed by atoms with Gasteiger partial charge >= 0.3 is 6.09 Å². The van der Waals surface area contributed by atoms with E-state index in [1.807, 2.05) is 0 Å². The summed E-state index contributed by atoms with van der Waals surface area (Å²) in [4.78, 5) is 12.8. The van der Waals surface area contributed by atoms with Gasteiger partial charge in [0, 0.05) is 16.7 Å². The molecule has 0 aromatic rings. The number of rotatable bonds is 12. The minimum atomic E-state index is -0.972. The lowest BCUT2D eigenvalue weighted by atomic mass is 10.2. The van der Waals surface area contributed by atoms with Crippen molar-refractivity contribution in [2.45, 2.75) is 46.0 Å². The molecule has 0 heterocycles. The number of carboxylic acid groups (broad SMARTS) is 1. The zero-order valence-corrected chi connectivity index (χ0v) is 13.1. The van der Waals surface area contributed by atoms with E-state index in [4.69, 9.17) is 5.11 Å². The molecule has 2 N–H and O–H groups in total. The Kier molecular flexibility index (Phi) is 13.3. The lowest BCUT2D eigenvalue weighted by Crippen LogP contribution is -2.27. The smallest absolute Gasteiger partial charge is 0.415 e. The highest BCUT2D eigenvalue weighted by atomic mass is 33.1. The van der Waals surface area contributed by atoms with Crippen molar-refractivity contribution in [2.75, 3.05) is 25.4 Å². The number of carbonyl (C=O) groups is 1. The second kappa shape index (κ2) is 13.4. The predicted octanol–water partition coefficient (Wildman–Crippen LogP) is 3.84. The van der Waals surface area contributed by atoms with Gasteiger partial charge in [0.1, 0.15) is 0 Å². The first-order chi connectivity index (χ1) is 8.70. The van der Waals surface area contributed by atoms with Gasteiger partial charge in [-0.1, -0.05) is 37.5 Å². The molecule has 0 aliphatic heterocycles. The fourth-order valence-electron chi connectivity index (χ4n) is 1.55. The van der Waals surface area contributed by atoms with Crippen LogP contribution < -0.4 is 4.72 Å². The third kappa shape index (κ3) is 12.4. The van der Waals surface area contributed by atoms with Gasteiger partial charge < -0.3 is 10.0 Å². The van der Waals surface area contributed by atoms with Crippen molar-refractivity contribution in [3.8, 4) is 0 Å². The number of amides is 1. The summed E-state index contributed by atoms with van der Waals surface area (Å²) in [6.07, 6.45) is 5.18. The molecule has 0 unspecified atom stereocenters. The molecule has 4 nitrogen and oxygen atoms in total. The highest BCUT2D eigenvalue weighted by molar-refractivity contribution is 8.76. The average molecular weight is 294 g/mol. The average Bonchev–Trinajstić information content (AvgIpc) is 2.35. The third-order valence-electron chi connectivity index (χ3n) is 2.55. The van der Waals surface area contributed by atoms with Crippen molar-refractivity contribution in [3.05, 3.63) is 0 Å². The van der Waals surface area contributed by atoms with Crippen molar-refractivity contribution in [2.24, 2.45) is 0 Å². The molecule has 0 rings (SSSR count). The highest BCUT2D eigenvalue weighted by Crippen LogP contribution is 2.18. The molecule has 0 atom stereocenters. The topological polar surface area (TPSA) is 52.6 Å². The number of hydrogen-bond acceptors (Lipinski definition) is 4. The highest BCUT2D eigenvalue weighted by Gasteiger charge is 2.03. The number of nitrogens with one attached hydrogen (secondary N) is 1. The van der Waals surface area contributed by atoms with Crippen LogP contribution >= 0.6 is 21.8 Å². The predicted molar refractivity (Wildman–Crippen MR) is 82.1 cm³/mol. The SMILES string of the molecule is CCCCN(CCCC)CCCSSNC(=O)O. The molecular formula is C12H26N2O2S2. The van der Waals surface area contributed by atoms with Crippen LogP contribution in [0.5, 0.6) is 0 Å².